The third-order valence-electron chi connectivity index (χ3n) is 16.8. The Balaban J connectivity index is 2.22. The lowest BCUT2D eigenvalue weighted by molar-refractivity contribution is -0.303. The van der Waals surface area contributed by atoms with Gasteiger partial charge >= 0.3 is 0 Å². The van der Waals surface area contributed by atoms with Gasteiger partial charge in [0, 0.05) is 0 Å². The van der Waals surface area contributed by atoms with Crippen LogP contribution in [0.25, 0.3) is 0 Å². The summed E-state index contributed by atoms with van der Waals surface area (Å²) < 4.78 is 11.2. The number of allylic oxidation sites excluding steroid dienone is 4. The van der Waals surface area contributed by atoms with Crippen LogP contribution in [-0.2, 0) is 14.3 Å². The quantitative estimate of drug-likeness (QED) is 0.0215. The molecule has 11 nitrogen and oxygen atoms in total. The van der Waals surface area contributed by atoms with Crippen molar-refractivity contribution in [2.24, 2.45) is 0 Å². The van der Waals surface area contributed by atoms with E-state index in [1.807, 2.05) is 0 Å². The third-order valence-corrected chi connectivity index (χ3v) is 16.8. The topological polar surface area (TPSA) is 189 Å². The van der Waals surface area contributed by atoms with Crippen molar-refractivity contribution < 1.29 is 50.0 Å². The van der Waals surface area contributed by atoms with Crippen LogP contribution in [0.3, 0.4) is 0 Å². The van der Waals surface area contributed by atoms with Crippen LogP contribution in [0, 0.1) is 0 Å². The van der Waals surface area contributed by atoms with E-state index in [9.17, 15) is 40.5 Å². The van der Waals surface area contributed by atoms with Crippen LogP contribution >= 0.6 is 0 Å². The lowest BCUT2D eigenvalue weighted by Gasteiger charge is -2.40. The molecule has 9 atom stereocenters. The fourth-order valence-corrected chi connectivity index (χ4v) is 11.2. The van der Waals surface area contributed by atoms with Crippen molar-refractivity contribution in [3.05, 3.63) is 24.3 Å². The van der Waals surface area contributed by atoms with Crippen LogP contribution in [0.4, 0.5) is 0 Å². The summed E-state index contributed by atoms with van der Waals surface area (Å²) in [4.78, 5) is 13.2. The summed E-state index contributed by atoms with van der Waals surface area (Å²) in [6.07, 6.45) is 59.6. The second kappa shape index (κ2) is 57.0. The molecule has 0 aromatic heterocycles. The maximum atomic E-state index is 13.2. The Morgan fingerprint density at radius 1 is 0.443 bits per heavy atom. The van der Waals surface area contributed by atoms with E-state index in [0.29, 0.717) is 19.3 Å². The summed E-state index contributed by atoms with van der Waals surface area (Å²) in [5, 5.41) is 76.5. The molecule has 0 radical (unpaired) electrons. The summed E-state index contributed by atoms with van der Waals surface area (Å²) in [5.74, 6) is -0.692. The van der Waals surface area contributed by atoms with Gasteiger partial charge in [0.1, 0.15) is 36.6 Å². The standard InChI is InChI=1S/C68H131NO10/c1-3-5-7-9-11-13-15-17-19-21-23-25-27-29-30-31-32-34-36-38-40-42-44-46-48-50-52-54-56-61(72)67(77)69-59(58-78-68-66(76)65(75)64(74)62(57-70)79-68)63(73)60(71)55-53-51-49-47-45-43-41-39-37-35-33-28-26-24-22-20-18-16-14-12-10-8-6-4-2/h23,25,29-30,59-66,68,70-76H,3-22,24,26-28,31-58H2,1-2H3,(H,69,77)/b25-23-,30-29-. The maximum absolute atomic E-state index is 13.2. The first-order valence-corrected chi connectivity index (χ1v) is 34.2. The van der Waals surface area contributed by atoms with E-state index in [4.69, 9.17) is 9.47 Å². The molecule has 0 saturated carbocycles. The molecule has 1 amide bonds. The largest absolute Gasteiger partial charge is 0.394 e. The lowest BCUT2D eigenvalue weighted by atomic mass is 9.98. The van der Waals surface area contributed by atoms with Crippen molar-refractivity contribution >= 4 is 5.91 Å². The zero-order valence-corrected chi connectivity index (χ0v) is 51.6. The zero-order chi connectivity index (χ0) is 57.5. The van der Waals surface area contributed by atoms with E-state index < -0.39 is 74.2 Å². The minimum atomic E-state index is -1.66. The predicted molar refractivity (Wildman–Crippen MR) is 330 cm³/mol. The Morgan fingerprint density at radius 3 is 1.13 bits per heavy atom. The average molecular weight is 1120 g/mol. The van der Waals surface area contributed by atoms with Gasteiger partial charge in [-0.3, -0.25) is 4.79 Å². The molecule has 0 aliphatic carbocycles. The van der Waals surface area contributed by atoms with Crippen molar-refractivity contribution in [1.29, 1.82) is 0 Å². The van der Waals surface area contributed by atoms with Crippen molar-refractivity contribution in [3.8, 4) is 0 Å². The number of hydrogen-bond donors (Lipinski definition) is 8. The highest BCUT2D eigenvalue weighted by atomic mass is 16.7. The molecule has 11 heteroatoms. The summed E-state index contributed by atoms with van der Waals surface area (Å²) in [6.45, 7) is 3.51. The molecule has 1 rings (SSSR count). The summed E-state index contributed by atoms with van der Waals surface area (Å²) in [6, 6.07) is -1.17. The van der Waals surface area contributed by atoms with E-state index in [1.165, 1.54) is 250 Å². The van der Waals surface area contributed by atoms with Crippen molar-refractivity contribution in [1.82, 2.24) is 5.32 Å². The predicted octanol–water partition coefficient (Wildman–Crippen LogP) is 16.0. The van der Waals surface area contributed by atoms with Crippen molar-refractivity contribution in [3.63, 3.8) is 0 Å². The van der Waals surface area contributed by atoms with Crippen molar-refractivity contribution in [2.45, 2.75) is 390 Å². The van der Waals surface area contributed by atoms with E-state index in [1.54, 1.807) is 0 Å². The Morgan fingerprint density at radius 2 is 0.772 bits per heavy atom. The fraction of sp³-hybridized carbons (Fsp3) is 0.926. The van der Waals surface area contributed by atoms with Gasteiger partial charge in [0.05, 0.1) is 25.4 Å². The van der Waals surface area contributed by atoms with Crippen LogP contribution in [0.15, 0.2) is 24.3 Å². The number of nitrogens with one attached hydrogen (secondary N) is 1. The Labute approximate surface area is 486 Å². The normalized spacial score (nSPS) is 19.4. The van der Waals surface area contributed by atoms with Crippen LogP contribution in [-0.4, -0.2) is 110 Å². The molecule has 1 aliphatic rings. The van der Waals surface area contributed by atoms with Gasteiger partial charge in [-0.25, -0.2) is 0 Å². The first kappa shape index (κ1) is 75.6. The van der Waals surface area contributed by atoms with E-state index in [2.05, 4.69) is 43.5 Å². The number of aliphatic hydroxyl groups is 7. The highest BCUT2D eigenvalue weighted by Gasteiger charge is 2.44. The van der Waals surface area contributed by atoms with Crippen LogP contribution in [0.1, 0.15) is 335 Å². The molecular weight excluding hydrogens is 991 g/mol. The van der Waals surface area contributed by atoms with Gasteiger partial charge in [-0.05, 0) is 44.9 Å². The monoisotopic (exact) mass is 1120 g/mol. The molecule has 1 heterocycles. The first-order valence-electron chi connectivity index (χ1n) is 34.2. The van der Waals surface area contributed by atoms with E-state index in [0.717, 1.165) is 44.9 Å². The van der Waals surface area contributed by atoms with E-state index >= 15 is 0 Å². The molecule has 79 heavy (non-hydrogen) atoms. The second-order valence-electron chi connectivity index (χ2n) is 24.3. The lowest BCUT2D eigenvalue weighted by Crippen LogP contribution is -2.60. The highest BCUT2D eigenvalue weighted by Crippen LogP contribution is 2.24. The highest BCUT2D eigenvalue weighted by molar-refractivity contribution is 5.80. The summed E-state index contributed by atoms with van der Waals surface area (Å²) in [7, 11) is 0. The molecule has 0 bridgehead atoms. The second-order valence-corrected chi connectivity index (χ2v) is 24.3. The van der Waals surface area contributed by atoms with Gasteiger partial charge in [0.15, 0.2) is 6.29 Å². The Hall–Kier alpha value is -1.41. The van der Waals surface area contributed by atoms with Crippen LogP contribution < -0.4 is 5.32 Å². The number of ether oxygens (including phenoxy) is 2. The zero-order valence-electron chi connectivity index (χ0n) is 51.6. The maximum Gasteiger partial charge on any atom is 0.249 e. The van der Waals surface area contributed by atoms with Gasteiger partial charge in [0.25, 0.3) is 0 Å². The number of rotatable bonds is 60. The molecule has 468 valence electrons. The summed E-state index contributed by atoms with van der Waals surface area (Å²) >= 11 is 0. The minimum absolute atomic E-state index is 0.261. The van der Waals surface area contributed by atoms with Crippen LogP contribution in [0.2, 0.25) is 0 Å². The molecular formula is C68H131NO10. The number of carbonyl (C=O) groups is 1. The number of carbonyl (C=O) groups excluding carboxylic acids is 1. The Kier molecular flexibility index (Phi) is 54.6. The fourth-order valence-electron chi connectivity index (χ4n) is 11.2. The number of hydrogen-bond acceptors (Lipinski definition) is 10. The summed E-state index contributed by atoms with van der Waals surface area (Å²) in [5.41, 5.74) is 0. The molecule has 9 unspecified atom stereocenters. The molecule has 1 fully saturated rings. The van der Waals surface area contributed by atoms with Gasteiger partial charge in [-0.15, -0.1) is 0 Å². The molecule has 1 aliphatic heterocycles. The smallest absolute Gasteiger partial charge is 0.249 e. The molecule has 0 aromatic rings. The number of amides is 1. The van der Waals surface area contributed by atoms with Gasteiger partial charge in [-0.2, -0.15) is 0 Å². The third kappa shape index (κ3) is 44.7. The number of unbranched alkanes of at least 4 members (excludes halogenated alkanes) is 44. The average Bonchev–Trinajstić information content (AvgIpc) is 3.46. The number of aliphatic hydroxyl groups excluding tert-OH is 7. The van der Waals surface area contributed by atoms with Crippen molar-refractivity contribution in [2.75, 3.05) is 13.2 Å². The molecule has 1 saturated heterocycles. The van der Waals surface area contributed by atoms with Gasteiger partial charge in [-0.1, -0.05) is 314 Å². The molecule has 0 aromatic carbocycles. The van der Waals surface area contributed by atoms with Crippen LogP contribution in [0.5, 0.6) is 0 Å². The van der Waals surface area contributed by atoms with E-state index in [-0.39, 0.29) is 6.42 Å². The SMILES string of the molecule is CCCCCCCCCCC/C=C\C/C=C\CCCCCCCCCCCCCCC(O)C(=O)NC(COC1OC(CO)C(O)C(O)C1O)C(O)C(O)CCCCCCCCCCCCCCCCCCCCCCCCCC. The first-order chi connectivity index (χ1) is 38.7. The van der Waals surface area contributed by atoms with Gasteiger partial charge < -0.3 is 50.5 Å². The minimum Gasteiger partial charge on any atom is -0.394 e. The van der Waals surface area contributed by atoms with Gasteiger partial charge in [0.2, 0.25) is 5.91 Å². The molecule has 0 spiro atoms. The Bertz CT molecular complexity index is 1330. The molecule has 8 N–H and O–H groups in total.